The number of aliphatic hydroxyl groups is 2. The molecule has 4 aliphatic carbocycles. The molecule has 28 heavy (non-hydrogen) atoms. The summed E-state index contributed by atoms with van der Waals surface area (Å²) in [6.07, 6.45) is 13.9. The molecule has 0 aromatic heterocycles. The third kappa shape index (κ3) is 3.49. The molecular formula is C26H46O2. The Kier molecular flexibility index (Phi) is 5.49. The minimum absolute atomic E-state index is 0.0439. The molecule has 4 fully saturated rings. The van der Waals surface area contributed by atoms with E-state index in [1.54, 1.807) is 0 Å². The second-order valence-corrected chi connectivity index (χ2v) is 12.7. The lowest BCUT2D eigenvalue weighted by Gasteiger charge is -2.62. The fourth-order valence-electron chi connectivity index (χ4n) is 9.08. The molecule has 0 heterocycles. The van der Waals surface area contributed by atoms with Gasteiger partial charge in [-0.3, -0.25) is 0 Å². The summed E-state index contributed by atoms with van der Waals surface area (Å²) < 4.78 is 0. The molecule has 0 aliphatic heterocycles. The predicted octanol–water partition coefficient (Wildman–Crippen LogP) is 6.19. The summed E-state index contributed by atoms with van der Waals surface area (Å²) in [7, 11) is 0. The highest BCUT2D eigenvalue weighted by atomic mass is 16.3. The zero-order valence-corrected chi connectivity index (χ0v) is 19.2. The van der Waals surface area contributed by atoms with Gasteiger partial charge in [0, 0.05) is 0 Å². The molecule has 2 heteroatoms. The summed E-state index contributed by atoms with van der Waals surface area (Å²) in [5, 5.41) is 20.4. The van der Waals surface area contributed by atoms with Gasteiger partial charge < -0.3 is 10.2 Å². The van der Waals surface area contributed by atoms with Gasteiger partial charge in [-0.05, 0) is 124 Å². The van der Waals surface area contributed by atoms with E-state index < -0.39 is 5.60 Å². The number of hydrogen-bond donors (Lipinski definition) is 2. The van der Waals surface area contributed by atoms with Crippen molar-refractivity contribution < 1.29 is 10.2 Å². The van der Waals surface area contributed by atoms with Crippen molar-refractivity contribution in [1.29, 1.82) is 0 Å². The lowest BCUT2D eigenvalue weighted by Crippen LogP contribution is -2.56. The molecule has 0 bridgehead atoms. The van der Waals surface area contributed by atoms with E-state index in [1.165, 1.54) is 51.4 Å². The average molecular weight is 391 g/mol. The van der Waals surface area contributed by atoms with Crippen LogP contribution in [0.15, 0.2) is 0 Å². The van der Waals surface area contributed by atoms with Gasteiger partial charge >= 0.3 is 0 Å². The quantitative estimate of drug-likeness (QED) is 0.600. The van der Waals surface area contributed by atoms with Gasteiger partial charge in [-0.1, -0.05) is 27.2 Å². The van der Waals surface area contributed by atoms with Crippen molar-refractivity contribution in [1.82, 2.24) is 0 Å². The van der Waals surface area contributed by atoms with Crippen LogP contribution in [-0.4, -0.2) is 21.9 Å². The Morgan fingerprint density at radius 1 is 0.893 bits per heavy atom. The van der Waals surface area contributed by atoms with Crippen molar-refractivity contribution in [3.63, 3.8) is 0 Å². The molecule has 0 spiro atoms. The van der Waals surface area contributed by atoms with Gasteiger partial charge in [0.2, 0.25) is 0 Å². The minimum atomic E-state index is -0.509. The molecular weight excluding hydrogens is 344 g/mol. The highest BCUT2D eigenvalue weighted by molar-refractivity contribution is 5.10. The first-order chi connectivity index (χ1) is 13.0. The van der Waals surface area contributed by atoms with Crippen molar-refractivity contribution in [3.8, 4) is 0 Å². The van der Waals surface area contributed by atoms with Crippen LogP contribution in [0.2, 0.25) is 0 Å². The van der Waals surface area contributed by atoms with Crippen LogP contribution in [-0.2, 0) is 0 Å². The predicted molar refractivity (Wildman–Crippen MR) is 116 cm³/mol. The van der Waals surface area contributed by atoms with E-state index in [2.05, 4.69) is 20.8 Å². The number of fused-ring (bicyclic) bond motifs is 5. The topological polar surface area (TPSA) is 40.5 Å². The maximum Gasteiger partial charge on any atom is 0.0591 e. The summed E-state index contributed by atoms with van der Waals surface area (Å²) in [6.45, 7) is 11.7. The van der Waals surface area contributed by atoms with Crippen LogP contribution >= 0.6 is 0 Å². The molecule has 0 radical (unpaired) electrons. The van der Waals surface area contributed by atoms with E-state index in [9.17, 15) is 10.2 Å². The number of aliphatic hydroxyl groups excluding tert-OH is 1. The third-order valence-electron chi connectivity index (χ3n) is 10.5. The molecule has 2 N–H and O–H groups in total. The number of hydrogen-bond acceptors (Lipinski definition) is 2. The van der Waals surface area contributed by atoms with Crippen molar-refractivity contribution >= 4 is 0 Å². The van der Waals surface area contributed by atoms with Gasteiger partial charge in [0.25, 0.3) is 0 Å². The zero-order valence-electron chi connectivity index (χ0n) is 19.2. The molecule has 9 unspecified atom stereocenters. The first-order valence-corrected chi connectivity index (χ1v) is 12.4. The van der Waals surface area contributed by atoms with E-state index in [4.69, 9.17) is 0 Å². The third-order valence-corrected chi connectivity index (χ3v) is 10.5. The fourth-order valence-corrected chi connectivity index (χ4v) is 9.08. The van der Waals surface area contributed by atoms with Crippen LogP contribution in [0.3, 0.4) is 0 Å². The van der Waals surface area contributed by atoms with Crippen LogP contribution in [0, 0.1) is 46.3 Å². The molecule has 4 aliphatic rings. The molecule has 162 valence electrons. The standard InChI is InChI=1S/C26H46O2/c1-17-15-20-21-9-8-18(7-6-12-24(2,3)28)25(21,4)14-11-22(20)26(5)13-10-19(27)16-23(17)26/h17-23,27-28H,6-16H2,1-5H3. The summed E-state index contributed by atoms with van der Waals surface area (Å²) in [6, 6.07) is 0. The van der Waals surface area contributed by atoms with Gasteiger partial charge in [-0.15, -0.1) is 0 Å². The van der Waals surface area contributed by atoms with E-state index in [-0.39, 0.29) is 6.10 Å². The lowest BCUT2D eigenvalue weighted by atomic mass is 9.43. The molecule has 0 aromatic carbocycles. The van der Waals surface area contributed by atoms with Crippen LogP contribution in [0.25, 0.3) is 0 Å². The van der Waals surface area contributed by atoms with Gasteiger partial charge in [0.15, 0.2) is 0 Å². The number of rotatable bonds is 4. The molecule has 0 amide bonds. The normalized spacial score (nSPS) is 51.3. The zero-order chi connectivity index (χ0) is 20.3. The van der Waals surface area contributed by atoms with Gasteiger partial charge in [0.1, 0.15) is 0 Å². The minimum Gasteiger partial charge on any atom is -0.393 e. The van der Waals surface area contributed by atoms with Crippen molar-refractivity contribution in [3.05, 3.63) is 0 Å². The van der Waals surface area contributed by atoms with Crippen LogP contribution < -0.4 is 0 Å². The maximum atomic E-state index is 10.3. The van der Waals surface area contributed by atoms with Crippen molar-refractivity contribution in [2.75, 3.05) is 0 Å². The highest BCUT2D eigenvalue weighted by Gasteiger charge is 2.61. The Hall–Kier alpha value is -0.0800. The molecule has 2 nitrogen and oxygen atoms in total. The molecule has 4 rings (SSSR count). The van der Waals surface area contributed by atoms with Gasteiger partial charge in [0.05, 0.1) is 11.7 Å². The average Bonchev–Trinajstić information content (AvgIpc) is 2.93. The van der Waals surface area contributed by atoms with Crippen molar-refractivity contribution in [2.24, 2.45) is 46.3 Å². The van der Waals surface area contributed by atoms with Crippen LogP contribution in [0.1, 0.15) is 105 Å². The Morgan fingerprint density at radius 3 is 2.29 bits per heavy atom. The smallest absolute Gasteiger partial charge is 0.0591 e. The summed E-state index contributed by atoms with van der Waals surface area (Å²) in [5.74, 6) is 5.13. The summed E-state index contributed by atoms with van der Waals surface area (Å²) in [4.78, 5) is 0. The largest absolute Gasteiger partial charge is 0.393 e. The fraction of sp³-hybridized carbons (Fsp3) is 1.00. The molecule has 0 aromatic rings. The first kappa shape index (κ1) is 21.2. The summed E-state index contributed by atoms with van der Waals surface area (Å²) in [5.41, 5.74) is 0.504. The van der Waals surface area contributed by atoms with E-state index in [0.29, 0.717) is 10.8 Å². The van der Waals surface area contributed by atoms with Crippen LogP contribution in [0.5, 0.6) is 0 Å². The van der Waals surface area contributed by atoms with Gasteiger partial charge in [-0.25, -0.2) is 0 Å². The van der Waals surface area contributed by atoms with Crippen molar-refractivity contribution in [2.45, 2.75) is 117 Å². The van der Waals surface area contributed by atoms with E-state index in [0.717, 1.165) is 54.8 Å². The summed E-state index contributed by atoms with van der Waals surface area (Å²) >= 11 is 0. The second-order valence-electron chi connectivity index (χ2n) is 12.7. The second kappa shape index (κ2) is 7.26. The molecule has 4 saturated carbocycles. The SMILES string of the molecule is CC1CC2C3CCC(CCCC(C)(C)O)C3(C)CCC2C2(C)CCC(O)CC12. The highest BCUT2D eigenvalue weighted by Crippen LogP contribution is 2.68. The molecule has 9 atom stereocenters. The monoisotopic (exact) mass is 390 g/mol. The van der Waals surface area contributed by atoms with E-state index in [1.807, 2.05) is 13.8 Å². The Balaban J connectivity index is 1.49. The Labute approximate surface area is 173 Å². The molecule has 0 saturated heterocycles. The first-order valence-electron chi connectivity index (χ1n) is 12.4. The lowest BCUT2D eigenvalue weighted by molar-refractivity contribution is -0.147. The Bertz CT molecular complexity index is 565. The van der Waals surface area contributed by atoms with E-state index >= 15 is 0 Å². The van der Waals surface area contributed by atoms with Gasteiger partial charge in [-0.2, -0.15) is 0 Å². The van der Waals surface area contributed by atoms with Crippen LogP contribution in [0.4, 0.5) is 0 Å². The maximum absolute atomic E-state index is 10.3. The Morgan fingerprint density at radius 2 is 1.57 bits per heavy atom.